The second-order valence-electron chi connectivity index (χ2n) is 6.40. The van der Waals surface area contributed by atoms with Crippen molar-refractivity contribution in [3.05, 3.63) is 12.2 Å². The minimum absolute atomic E-state index is 0.209. The summed E-state index contributed by atoms with van der Waals surface area (Å²) < 4.78 is 0. The normalized spacial score (nSPS) is 25.2. The Kier molecular flexibility index (Phi) is 6.24. The van der Waals surface area contributed by atoms with Gasteiger partial charge in [-0.3, -0.25) is 4.79 Å². The molecule has 0 bridgehead atoms. The first-order chi connectivity index (χ1) is 9.80. The number of aliphatic carboxylic acids is 1. The van der Waals surface area contributed by atoms with Crippen LogP contribution in [0.1, 0.15) is 46.5 Å². The SMILES string of the molecule is C=C(C)CN(CC)C(=O)NCC1(C(=O)O)CCC(C)CC1. The zero-order valence-corrected chi connectivity index (χ0v) is 13.4. The molecule has 1 rings (SSSR count). The van der Waals surface area contributed by atoms with E-state index in [1.54, 1.807) is 4.90 Å². The summed E-state index contributed by atoms with van der Waals surface area (Å²) in [7, 11) is 0. The molecule has 1 fully saturated rings. The number of nitrogens with one attached hydrogen (secondary N) is 1. The number of carbonyl (C=O) groups excluding carboxylic acids is 1. The molecule has 0 spiro atoms. The van der Waals surface area contributed by atoms with Crippen LogP contribution in [0.5, 0.6) is 0 Å². The molecule has 1 saturated carbocycles. The van der Waals surface area contributed by atoms with Gasteiger partial charge in [0.15, 0.2) is 0 Å². The van der Waals surface area contributed by atoms with Gasteiger partial charge in [-0.15, -0.1) is 0 Å². The van der Waals surface area contributed by atoms with Crippen molar-refractivity contribution in [3.63, 3.8) is 0 Å². The second-order valence-corrected chi connectivity index (χ2v) is 6.40. The number of hydrogen-bond acceptors (Lipinski definition) is 2. The van der Waals surface area contributed by atoms with Crippen LogP contribution in [0.2, 0.25) is 0 Å². The van der Waals surface area contributed by atoms with Gasteiger partial charge in [0.2, 0.25) is 0 Å². The summed E-state index contributed by atoms with van der Waals surface area (Å²) in [4.78, 5) is 25.4. The molecule has 21 heavy (non-hydrogen) atoms. The maximum Gasteiger partial charge on any atom is 0.317 e. The van der Waals surface area contributed by atoms with E-state index in [9.17, 15) is 14.7 Å². The number of hydrogen-bond donors (Lipinski definition) is 2. The van der Waals surface area contributed by atoms with Crippen LogP contribution in [0.3, 0.4) is 0 Å². The fourth-order valence-electron chi connectivity index (χ4n) is 2.79. The molecule has 0 saturated heterocycles. The van der Waals surface area contributed by atoms with Crippen molar-refractivity contribution in [2.45, 2.75) is 46.5 Å². The van der Waals surface area contributed by atoms with Crippen LogP contribution in [0.15, 0.2) is 12.2 Å². The van der Waals surface area contributed by atoms with E-state index < -0.39 is 11.4 Å². The van der Waals surface area contributed by atoms with Crippen LogP contribution in [-0.4, -0.2) is 41.6 Å². The first-order valence-corrected chi connectivity index (χ1v) is 7.71. The molecule has 0 aliphatic heterocycles. The molecule has 0 aromatic rings. The van der Waals surface area contributed by atoms with Crippen LogP contribution in [0, 0.1) is 11.3 Å². The molecule has 0 aromatic carbocycles. The van der Waals surface area contributed by atoms with Gasteiger partial charge in [-0.2, -0.15) is 0 Å². The predicted octanol–water partition coefficient (Wildman–Crippen LogP) is 2.88. The number of carboxylic acids is 1. The first kappa shape index (κ1) is 17.5. The summed E-state index contributed by atoms with van der Waals surface area (Å²) in [6.07, 6.45) is 3.09. The maximum absolute atomic E-state index is 12.2. The van der Waals surface area contributed by atoms with E-state index in [1.807, 2.05) is 13.8 Å². The standard InChI is InChI=1S/C16H28N2O3/c1-5-18(10-12(2)3)15(21)17-11-16(14(19)20)8-6-13(4)7-9-16/h13H,2,5-11H2,1,3-4H3,(H,17,21)(H,19,20). The highest BCUT2D eigenvalue weighted by Gasteiger charge is 2.41. The van der Waals surface area contributed by atoms with Crippen molar-refractivity contribution in [2.75, 3.05) is 19.6 Å². The van der Waals surface area contributed by atoms with Gasteiger partial charge in [0.1, 0.15) is 0 Å². The minimum Gasteiger partial charge on any atom is -0.481 e. The summed E-state index contributed by atoms with van der Waals surface area (Å²) in [5.74, 6) is -0.221. The highest BCUT2D eigenvalue weighted by Crippen LogP contribution is 2.38. The van der Waals surface area contributed by atoms with Crippen LogP contribution >= 0.6 is 0 Å². The van der Waals surface area contributed by atoms with E-state index in [-0.39, 0.29) is 12.6 Å². The largest absolute Gasteiger partial charge is 0.481 e. The fraction of sp³-hybridized carbons (Fsp3) is 0.750. The lowest BCUT2D eigenvalue weighted by Crippen LogP contribution is -2.49. The van der Waals surface area contributed by atoms with Gasteiger partial charge in [-0.05, 0) is 45.4 Å². The van der Waals surface area contributed by atoms with Crippen LogP contribution < -0.4 is 5.32 Å². The van der Waals surface area contributed by atoms with Crippen molar-refractivity contribution in [2.24, 2.45) is 11.3 Å². The van der Waals surface area contributed by atoms with E-state index in [4.69, 9.17) is 0 Å². The van der Waals surface area contributed by atoms with Crippen LogP contribution in [0.4, 0.5) is 4.79 Å². The number of rotatable bonds is 6. The molecule has 5 nitrogen and oxygen atoms in total. The van der Waals surface area contributed by atoms with Gasteiger partial charge < -0.3 is 15.3 Å². The molecule has 5 heteroatoms. The molecule has 0 atom stereocenters. The van der Waals surface area contributed by atoms with Crippen molar-refractivity contribution < 1.29 is 14.7 Å². The molecular formula is C16H28N2O3. The van der Waals surface area contributed by atoms with Crippen molar-refractivity contribution in [3.8, 4) is 0 Å². The zero-order chi connectivity index (χ0) is 16.0. The number of carboxylic acid groups (broad SMARTS) is 1. The zero-order valence-electron chi connectivity index (χ0n) is 13.4. The van der Waals surface area contributed by atoms with Gasteiger partial charge in [-0.25, -0.2) is 4.79 Å². The van der Waals surface area contributed by atoms with Gasteiger partial charge in [-0.1, -0.05) is 19.1 Å². The number of likely N-dealkylation sites (N-methyl/N-ethyl adjacent to an activating group) is 1. The molecule has 1 aliphatic carbocycles. The summed E-state index contributed by atoms with van der Waals surface area (Å²) in [6.45, 7) is 11.0. The Morgan fingerprint density at radius 2 is 1.95 bits per heavy atom. The third kappa shape index (κ3) is 4.76. The Morgan fingerprint density at radius 3 is 2.38 bits per heavy atom. The highest BCUT2D eigenvalue weighted by molar-refractivity contribution is 5.78. The van der Waals surface area contributed by atoms with Crippen LogP contribution in [-0.2, 0) is 4.79 Å². The van der Waals surface area contributed by atoms with Gasteiger partial charge in [0.05, 0.1) is 5.41 Å². The molecule has 0 radical (unpaired) electrons. The molecule has 1 aliphatic rings. The molecular weight excluding hydrogens is 268 g/mol. The number of amides is 2. The Labute approximate surface area is 127 Å². The third-order valence-electron chi connectivity index (χ3n) is 4.39. The smallest absolute Gasteiger partial charge is 0.317 e. The molecule has 0 aromatic heterocycles. The van der Waals surface area contributed by atoms with Crippen molar-refractivity contribution in [1.82, 2.24) is 10.2 Å². The van der Waals surface area contributed by atoms with Gasteiger partial charge in [0, 0.05) is 19.6 Å². The third-order valence-corrected chi connectivity index (χ3v) is 4.39. The number of nitrogens with zero attached hydrogens (tertiary/aromatic N) is 1. The number of carbonyl (C=O) groups is 2. The van der Waals surface area contributed by atoms with Crippen molar-refractivity contribution in [1.29, 1.82) is 0 Å². The Balaban J connectivity index is 2.63. The maximum atomic E-state index is 12.2. The lowest BCUT2D eigenvalue weighted by molar-refractivity contribution is -0.151. The molecule has 0 heterocycles. The summed E-state index contributed by atoms with van der Waals surface area (Å²) in [5.41, 5.74) is 0.108. The Hall–Kier alpha value is -1.52. The van der Waals surface area contributed by atoms with Gasteiger partial charge >= 0.3 is 12.0 Å². The quantitative estimate of drug-likeness (QED) is 0.740. The second kappa shape index (κ2) is 7.48. The average Bonchev–Trinajstić information content (AvgIpc) is 2.43. The topological polar surface area (TPSA) is 69.6 Å². The summed E-state index contributed by atoms with van der Waals surface area (Å²) in [6, 6.07) is -0.209. The lowest BCUT2D eigenvalue weighted by Gasteiger charge is -2.36. The summed E-state index contributed by atoms with van der Waals surface area (Å²) >= 11 is 0. The molecule has 2 N–H and O–H groups in total. The minimum atomic E-state index is -0.801. The molecule has 120 valence electrons. The van der Waals surface area contributed by atoms with Gasteiger partial charge in [0.25, 0.3) is 0 Å². The van der Waals surface area contributed by atoms with E-state index in [1.165, 1.54) is 0 Å². The Bertz CT molecular complexity index is 398. The number of urea groups is 1. The highest BCUT2D eigenvalue weighted by atomic mass is 16.4. The monoisotopic (exact) mass is 296 g/mol. The van der Waals surface area contributed by atoms with Crippen molar-refractivity contribution >= 4 is 12.0 Å². The first-order valence-electron chi connectivity index (χ1n) is 7.71. The van der Waals surface area contributed by atoms with Crippen LogP contribution in [0.25, 0.3) is 0 Å². The predicted molar refractivity (Wildman–Crippen MR) is 83.2 cm³/mol. The summed E-state index contributed by atoms with van der Waals surface area (Å²) in [5, 5.41) is 12.4. The molecule has 0 unspecified atom stereocenters. The van der Waals surface area contributed by atoms with E-state index in [0.29, 0.717) is 31.8 Å². The Morgan fingerprint density at radius 1 is 1.38 bits per heavy atom. The molecule has 2 amide bonds. The van der Waals surface area contributed by atoms with E-state index in [0.717, 1.165) is 18.4 Å². The fourth-order valence-corrected chi connectivity index (χ4v) is 2.79. The lowest BCUT2D eigenvalue weighted by atomic mass is 9.71. The van der Waals surface area contributed by atoms with E-state index >= 15 is 0 Å². The van der Waals surface area contributed by atoms with E-state index in [2.05, 4.69) is 18.8 Å². The average molecular weight is 296 g/mol.